The molecule has 4 atom stereocenters. The van der Waals surface area contributed by atoms with Crippen LogP contribution in [0.3, 0.4) is 0 Å². The number of hydrogen-bond donors (Lipinski definition) is 2. The third-order valence-electron chi connectivity index (χ3n) is 3.04. The van der Waals surface area contributed by atoms with Gasteiger partial charge in [-0.15, -0.1) is 0 Å². The van der Waals surface area contributed by atoms with E-state index in [4.69, 9.17) is 0 Å². The Bertz CT molecular complexity index is 137. The molecule has 0 saturated carbocycles. The highest BCUT2D eigenvalue weighted by Gasteiger charge is 2.37. The Labute approximate surface area is 61.6 Å². The number of aliphatic hydroxyl groups is 1. The number of fused-ring (bicyclic) bond motifs is 2. The zero-order chi connectivity index (χ0) is 7.14. The van der Waals surface area contributed by atoms with Gasteiger partial charge in [0.15, 0.2) is 0 Å². The average molecular weight is 141 g/mol. The summed E-state index contributed by atoms with van der Waals surface area (Å²) in [6.07, 6.45) is 3.46. The van der Waals surface area contributed by atoms with Crippen LogP contribution in [-0.2, 0) is 0 Å². The largest absolute Gasteiger partial charge is 0.393 e. The normalized spacial score (nSPS) is 53.4. The minimum absolute atomic E-state index is 0.0428. The quantitative estimate of drug-likeness (QED) is 0.515. The summed E-state index contributed by atoms with van der Waals surface area (Å²) >= 11 is 0. The molecule has 0 aromatic heterocycles. The van der Waals surface area contributed by atoms with Crippen molar-refractivity contribution in [2.24, 2.45) is 5.92 Å². The monoisotopic (exact) mass is 141 g/mol. The Morgan fingerprint density at radius 3 is 3.00 bits per heavy atom. The summed E-state index contributed by atoms with van der Waals surface area (Å²) in [5, 5.41) is 13.0. The zero-order valence-electron chi connectivity index (χ0n) is 6.38. The molecule has 0 aliphatic carbocycles. The molecular weight excluding hydrogens is 126 g/mol. The first kappa shape index (κ1) is 6.62. The first-order valence-corrected chi connectivity index (χ1v) is 4.21. The highest BCUT2D eigenvalue weighted by Crippen LogP contribution is 2.30. The van der Waals surface area contributed by atoms with Crippen LogP contribution in [-0.4, -0.2) is 23.3 Å². The van der Waals surface area contributed by atoms with Gasteiger partial charge in [-0.05, 0) is 25.2 Å². The maximum Gasteiger partial charge on any atom is 0.0595 e. The summed E-state index contributed by atoms with van der Waals surface area (Å²) in [5.41, 5.74) is 0. The van der Waals surface area contributed by atoms with Crippen molar-refractivity contribution in [2.75, 3.05) is 0 Å². The maximum atomic E-state index is 9.52. The van der Waals surface area contributed by atoms with Crippen molar-refractivity contribution < 1.29 is 5.11 Å². The van der Waals surface area contributed by atoms with Gasteiger partial charge in [0, 0.05) is 12.1 Å². The molecule has 0 amide bonds. The third-order valence-corrected chi connectivity index (χ3v) is 3.04. The van der Waals surface area contributed by atoms with E-state index in [9.17, 15) is 5.11 Å². The number of rotatable bonds is 0. The second-order valence-electron chi connectivity index (χ2n) is 3.71. The number of piperidine rings is 1. The molecule has 2 nitrogen and oxygen atoms in total. The highest BCUT2D eigenvalue weighted by atomic mass is 16.3. The SMILES string of the molecule is C[C@H]1[C@@H](O)C[C@H]2CC[C@H]1N2. The van der Waals surface area contributed by atoms with E-state index in [-0.39, 0.29) is 6.10 Å². The predicted molar refractivity (Wildman–Crippen MR) is 39.7 cm³/mol. The Morgan fingerprint density at radius 1 is 1.40 bits per heavy atom. The van der Waals surface area contributed by atoms with Crippen LogP contribution < -0.4 is 5.32 Å². The molecule has 2 heteroatoms. The second kappa shape index (κ2) is 2.21. The fraction of sp³-hybridized carbons (Fsp3) is 1.00. The molecule has 0 unspecified atom stereocenters. The van der Waals surface area contributed by atoms with E-state index in [0.717, 1.165) is 6.42 Å². The van der Waals surface area contributed by atoms with E-state index in [1.807, 2.05) is 0 Å². The van der Waals surface area contributed by atoms with E-state index in [2.05, 4.69) is 12.2 Å². The molecule has 2 aliphatic heterocycles. The molecule has 58 valence electrons. The number of nitrogens with one attached hydrogen (secondary N) is 1. The number of hydrogen-bond acceptors (Lipinski definition) is 2. The molecule has 10 heavy (non-hydrogen) atoms. The molecule has 2 N–H and O–H groups in total. The Hall–Kier alpha value is -0.0800. The first-order chi connectivity index (χ1) is 4.77. The molecule has 0 spiro atoms. The maximum absolute atomic E-state index is 9.52. The summed E-state index contributed by atoms with van der Waals surface area (Å²) in [6.45, 7) is 2.14. The van der Waals surface area contributed by atoms with Gasteiger partial charge in [-0.3, -0.25) is 0 Å². The van der Waals surface area contributed by atoms with Gasteiger partial charge in [0.2, 0.25) is 0 Å². The molecular formula is C8H15NO. The number of aliphatic hydroxyl groups excluding tert-OH is 1. The molecule has 0 radical (unpaired) electrons. The summed E-state index contributed by atoms with van der Waals surface area (Å²) < 4.78 is 0. The van der Waals surface area contributed by atoms with Crippen LogP contribution >= 0.6 is 0 Å². The van der Waals surface area contributed by atoms with Crippen LogP contribution in [0.5, 0.6) is 0 Å². The van der Waals surface area contributed by atoms with Crippen LogP contribution in [0.15, 0.2) is 0 Å². The lowest BCUT2D eigenvalue weighted by molar-refractivity contribution is 0.0619. The van der Waals surface area contributed by atoms with Gasteiger partial charge < -0.3 is 10.4 Å². The Morgan fingerprint density at radius 2 is 2.20 bits per heavy atom. The van der Waals surface area contributed by atoms with E-state index in [1.54, 1.807) is 0 Å². The van der Waals surface area contributed by atoms with Gasteiger partial charge in [0.1, 0.15) is 0 Å². The minimum Gasteiger partial charge on any atom is -0.393 e. The zero-order valence-corrected chi connectivity index (χ0v) is 6.38. The predicted octanol–water partition coefficient (Wildman–Crippen LogP) is 0.508. The lowest BCUT2D eigenvalue weighted by Crippen LogP contribution is -2.46. The van der Waals surface area contributed by atoms with Gasteiger partial charge in [0.05, 0.1) is 6.10 Å². The van der Waals surface area contributed by atoms with Crippen LogP contribution in [0.1, 0.15) is 26.2 Å². The molecule has 2 saturated heterocycles. The Kier molecular flexibility index (Phi) is 1.46. The van der Waals surface area contributed by atoms with Crippen LogP contribution in [0.4, 0.5) is 0 Å². The van der Waals surface area contributed by atoms with Gasteiger partial charge in [-0.2, -0.15) is 0 Å². The van der Waals surface area contributed by atoms with Crippen LogP contribution in [0, 0.1) is 5.92 Å². The van der Waals surface area contributed by atoms with Gasteiger partial charge in [-0.1, -0.05) is 6.92 Å². The van der Waals surface area contributed by atoms with Gasteiger partial charge in [0.25, 0.3) is 0 Å². The Balaban J connectivity index is 2.09. The molecule has 2 heterocycles. The summed E-state index contributed by atoms with van der Waals surface area (Å²) in [4.78, 5) is 0. The van der Waals surface area contributed by atoms with E-state index < -0.39 is 0 Å². The highest BCUT2D eigenvalue weighted by molar-refractivity contribution is 4.95. The van der Waals surface area contributed by atoms with Crippen LogP contribution in [0.2, 0.25) is 0 Å². The van der Waals surface area contributed by atoms with E-state index >= 15 is 0 Å². The van der Waals surface area contributed by atoms with E-state index in [1.165, 1.54) is 12.8 Å². The molecule has 2 aliphatic rings. The van der Waals surface area contributed by atoms with Gasteiger partial charge >= 0.3 is 0 Å². The molecule has 2 bridgehead atoms. The fourth-order valence-electron chi connectivity index (χ4n) is 2.23. The van der Waals surface area contributed by atoms with Crippen molar-refractivity contribution in [1.29, 1.82) is 0 Å². The van der Waals surface area contributed by atoms with Crippen molar-refractivity contribution >= 4 is 0 Å². The molecule has 2 fully saturated rings. The fourth-order valence-corrected chi connectivity index (χ4v) is 2.23. The van der Waals surface area contributed by atoms with Crippen molar-refractivity contribution in [3.63, 3.8) is 0 Å². The average Bonchev–Trinajstić information content (AvgIpc) is 2.29. The molecule has 2 rings (SSSR count). The smallest absolute Gasteiger partial charge is 0.0595 e. The second-order valence-corrected chi connectivity index (χ2v) is 3.71. The molecule has 0 aromatic rings. The van der Waals surface area contributed by atoms with Crippen molar-refractivity contribution in [1.82, 2.24) is 5.32 Å². The van der Waals surface area contributed by atoms with Crippen molar-refractivity contribution in [3.8, 4) is 0 Å². The summed E-state index contributed by atoms with van der Waals surface area (Å²) in [5.74, 6) is 0.471. The van der Waals surface area contributed by atoms with Crippen molar-refractivity contribution in [3.05, 3.63) is 0 Å². The van der Waals surface area contributed by atoms with Gasteiger partial charge in [-0.25, -0.2) is 0 Å². The lowest BCUT2D eigenvalue weighted by Gasteiger charge is -2.31. The van der Waals surface area contributed by atoms with Crippen LogP contribution in [0.25, 0.3) is 0 Å². The summed E-state index contributed by atoms with van der Waals surface area (Å²) in [6, 6.07) is 1.23. The molecule has 0 aromatic carbocycles. The minimum atomic E-state index is -0.0428. The first-order valence-electron chi connectivity index (χ1n) is 4.21. The lowest BCUT2D eigenvalue weighted by atomic mass is 9.91. The topological polar surface area (TPSA) is 32.3 Å². The third kappa shape index (κ3) is 0.867. The van der Waals surface area contributed by atoms with Crippen molar-refractivity contribution in [2.45, 2.75) is 44.4 Å². The summed E-state index contributed by atoms with van der Waals surface area (Å²) in [7, 11) is 0. The standard InChI is InChI=1S/C8H15NO/c1-5-7-3-2-6(9-7)4-8(5)10/h5-10H,2-4H2,1H3/t5-,6-,7-,8+/m1/s1. The van der Waals surface area contributed by atoms with E-state index in [0.29, 0.717) is 18.0 Å².